The number of nitrogens with zero attached hydrogens (tertiary/aromatic N) is 2. The molecule has 0 bridgehead atoms. The molecule has 0 aliphatic heterocycles. The van der Waals surface area contributed by atoms with Crippen LogP contribution in [0.2, 0.25) is 0 Å². The molecule has 2 rings (SSSR count). The van der Waals surface area contributed by atoms with Gasteiger partial charge in [-0.1, -0.05) is 48.0 Å². The Kier molecular flexibility index (Phi) is 3.32. The first kappa shape index (κ1) is 11.1. The van der Waals surface area contributed by atoms with Gasteiger partial charge in [0.25, 0.3) is 0 Å². The van der Waals surface area contributed by atoms with Crippen LogP contribution in [0.15, 0.2) is 59.6 Å². The number of hydrogen-bond donors (Lipinski definition) is 0. The SMILES string of the molecule is Cc1ccc(N=C(C#N)c2ccccc2)cc1. The van der Waals surface area contributed by atoms with Gasteiger partial charge >= 0.3 is 0 Å². The zero-order valence-electron chi connectivity index (χ0n) is 9.59. The van der Waals surface area contributed by atoms with Crippen LogP contribution in [-0.2, 0) is 0 Å². The smallest absolute Gasteiger partial charge is 0.148 e. The van der Waals surface area contributed by atoms with Gasteiger partial charge in [-0.25, -0.2) is 4.99 Å². The molecule has 0 aliphatic rings. The van der Waals surface area contributed by atoms with Crippen LogP contribution in [0, 0.1) is 18.3 Å². The molecule has 17 heavy (non-hydrogen) atoms. The van der Waals surface area contributed by atoms with Crippen LogP contribution in [0.3, 0.4) is 0 Å². The van der Waals surface area contributed by atoms with Crippen molar-refractivity contribution in [1.29, 1.82) is 5.26 Å². The molecule has 2 aromatic rings. The summed E-state index contributed by atoms with van der Waals surface area (Å²) in [4.78, 5) is 4.34. The van der Waals surface area contributed by atoms with Crippen molar-refractivity contribution < 1.29 is 0 Å². The molecule has 0 saturated carbocycles. The van der Waals surface area contributed by atoms with Crippen molar-refractivity contribution in [3.05, 3.63) is 65.7 Å². The molecule has 0 aliphatic carbocycles. The minimum Gasteiger partial charge on any atom is -0.237 e. The Hall–Kier alpha value is -2.40. The molecule has 0 spiro atoms. The third-order valence-electron chi connectivity index (χ3n) is 2.43. The van der Waals surface area contributed by atoms with Crippen LogP contribution < -0.4 is 0 Å². The standard InChI is InChI=1S/C15H12N2/c1-12-7-9-14(10-8-12)17-15(11-16)13-5-3-2-4-6-13/h2-10H,1H3. The largest absolute Gasteiger partial charge is 0.237 e. The van der Waals surface area contributed by atoms with Crippen LogP contribution in [0.4, 0.5) is 5.69 Å². The molecule has 0 fully saturated rings. The second kappa shape index (κ2) is 5.09. The molecule has 82 valence electrons. The zero-order chi connectivity index (χ0) is 12.1. The summed E-state index contributed by atoms with van der Waals surface area (Å²) in [6.07, 6.45) is 0. The molecule has 0 atom stereocenters. The molecular formula is C15H12N2. The highest BCUT2D eigenvalue weighted by molar-refractivity contribution is 6.12. The Morgan fingerprint density at radius 1 is 1.00 bits per heavy atom. The molecule has 2 heteroatoms. The van der Waals surface area contributed by atoms with Gasteiger partial charge in [-0.2, -0.15) is 5.26 Å². The maximum absolute atomic E-state index is 9.11. The topological polar surface area (TPSA) is 36.1 Å². The van der Waals surface area contributed by atoms with E-state index in [0.29, 0.717) is 5.71 Å². The summed E-state index contributed by atoms with van der Waals surface area (Å²) in [7, 11) is 0. The van der Waals surface area contributed by atoms with Gasteiger partial charge in [-0.3, -0.25) is 0 Å². The molecule has 0 amide bonds. The van der Waals surface area contributed by atoms with E-state index in [4.69, 9.17) is 5.26 Å². The Balaban J connectivity index is 2.37. The number of aliphatic imine (C=N–C) groups is 1. The maximum Gasteiger partial charge on any atom is 0.148 e. The third kappa shape index (κ3) is 2.79. The van der Waals surface area contributed by atoms with Crippen molar-refractivity contribution in [2.24, 2.45) is 4.99 Å². The lowest BCUT2D eigenvalue weighted by atomic mass is 10.1. The second-order valence-electron chi connectivity index (χ2n) is 3.77. The molecule has 0 radical (unpaired) electrons. The average Bonchev–Trinajstić information content (AvgIpc) is 2.39. The van der Waals surface area contributed by atoms with Gasteiger partial charge < -0.3 is 0 Å². The van der Waals surface area contributed by atoms with Crippen LogP contribution >= 0.6 is 0 Å². The fraction of sp³-hybridized carbons (Fsp3) is 0.0667. The Morgan fingerprint density at radius 3 is 2.24 bits per heavy atom. The van der Waals surface area contributed by atoms with Gasteiger partial charge in [-0.15, -0.1) is 0 Å². The molecule has 2 aromatic carbocycles. The van der Waals surface area contributed by atoms with E-state index >= 15 is 0 Å². The molecule has 0 aromatic heterocycles. The van der Waals surface area contributed by atoms with E-state index in [0.717, 1.165) is 11.3 Å². The van der Waals surface area contributed by atoms with Gasteiger partial charge in [0.2, 0.25) is 0 Å². The fourth-order valence-corrected chi connectivity index (χ4v) is 1.50. The highest BCUT2D eigenvalue weighted by Crippen LogP contribution is 2.14. The van der Waals surface area contributed by atoms with Gasteiger partial charge in [0.05, 0.1) is 5.69 Å². The first-order chi connectivity index (χ1) is 8.29. The fourth-order valence-electron chi connectivity index (χ4n) is 1.50. The van der Waals surface area contributed by atoms with Gasteiger partial charge in [-0.05, 0) is 19.1 Å². The summed E-state index contributed by atoms with van der Waals surface area (Å²) in [5.74, 6) is 0. The second-order valence-corrected chi connectivity index (χ2v) is 3.77. The molecular weight excluding hydrogens is 208 g/mol. The summed E-state index contributed by atoms with van der Waals surface area (Å²) < 4.78 is 0. The molecule has 0 heterocycles. The first-order valence-electron chi connectivity index (χ1n) is 5.40. The van der Waals surface area contributed by atoms with E-state index < -0.39 is 0 Å². The molecule has 2 nitrogen and oxygen atoms in total. The monoisotopic (exact) mass is 220 g/mol. The van der Waals surface area contributed by atoms with E-state index in [-0.39, 0.29) is 0 Å². The number of nitriles is 1. The maximum atomic E-state index is 9.11. The summed E-state index contributed by atoms with van der Waals surface area (Å²) in [6.45, 7) is 2.02. The van der Waals surface area contributed by atoms with Crippen molar-refractivity contribution in [2.45, 2.75) is 6.92 Å². The number of hydrogen-bond acceptors (Lipinski definition) is 2. The molecule has 0 unspecified atom stereocenters. The zero-order valence-corrected chi connectivity index (χ0v) is 9.59. The summed E-state index contributed by atoms with van der Waals surface area (Å²) in [5, 5.41) is 9.11. The van der Waals surface area contributed by atoms with E-state index in [1.54, 1.807) is 0 Å². The van der Waals surface area contributed by atoms with Crippen molar-refractivity contribution in [3.63, 3.8) is 0 Å². The number of rotatable bonds is 2. The highest BCUT2D eigenvalue weighted by Gasteiger charge is 2.01. The summed E-state index contributed by atoms with van der Waals surface area (Å²) in [5.41, 5.74) is 3.27. The van der Waals surface area contributed by atoms with Gasteiger partial charge in [0.1, 0.15) is 11.8 Å². The van der Waals surface area contributed by atoms with E-state index in [9.17, 15) is 0 Å². The quantitative estimate of drug-likeness (QED) is 0.712. The normalized spacial score (nSPS) is 10.9. The lowest BCUT2D eigenvalue weighted by Crippen LogP contribution is -1.95. The van der Waals surface area contributed by atoms with Crippen molar-refractivity contribution >= 4 is 11.4 Å². The van der Waals surface area contributed by atoms with E-state index in [1.807, 2.05) is 61.5 Å². The van der Waals surface area contributed by atoms with Crippen LogP contribution in [0.1, 0.15) is 11.1 Å². The minimum atomic E-state index is 0.439. The minimum absolute atomic E-state index is 0.439. The lowest BCUT2D eigenvalue weighted by Gasteiger charge is -1.99. The van der Waals surface area contributed by atoms with Gasteiger partial charge in [0.15, 0.2) is 0 Å². The lowest BCUT2D eigenvalue weighted by molar-refractivity contribution is 1.43. The van der Waals surface area contributed by atoms with Crippen molar-refractivity contribution in [3.8, 4) is 6.07 Å². The van der Waals surface area contributed by atoms with Crippen LogP contribution in [0.25, 0.3) is 0 Å². The Morgan fingerprint density at radius 2 is 1.65 bits per heavy atom. The van der Waals surface area contributed by atoms with Crippen LogP contribution in [0.5, 0.6) is 0 Å². The van der Waals surface area contributed by atoms with Crippen molar-refractivity contribution in [2.75, 3.05) is 0 Å². The predicted octanol–water partition coefficient (Wildman–Crippen LogP) is 3.64. The summed E-state index contributed by atoms with van der Waals surface area (Å²) in [6, 6.07) is 19.4. The van der Waals surface area contributed by atoms with Crippen molar-refractivity contribution in [1.82, 2.24) is 0 Å². The third-order valence-corrected chi connectivity index (χ3v) is 2.43. The van der Waals surface area contributed by atoms with Crippen LogP contribution in [-0.4, -0.2) is 5.71 Å². The molecule has 0 saturated heterocycles. The van der Waals surface area contributed by atoms with E-state index in [1.165, 1.54) is 5.56 Å². The highest BCUT2D eigenvalue weighted by atomic mass is 14.7. The Labute approximate surface area is 101 Å². The van der Waals surface area contributed by atoms with Gasteiger partial charge in [0, 0.05) is 5.56 Å². The first-order valence-corrected chi connectivity index (χ1v) is 5.40. The predicted molar refractivity (Wildman–Crippen MR) is 69.4 cm³/mol. The Bertz CT molecular complexity index is 560. The number of aryl methyl sites for hydroxylation is 1. The molecule has 0 N–H and O–H groups in total. The summed E-state index contributed by atoms with van der Waals surface area (Å²) >= 11 is 0. The average molecular weight is 220 g/mol. The van der Waals surface area contributed by atoms with E-state index in [2.05, 4.69) is 11.1 Å². The number of benzene rings is 2.